The molecular formula is C17H16Cl2N2O6S. The molecule has 0 spiro atoms. The van der Waals surface area contributed by atoms with Crippen molar-refractivity contribution in [2.75, 3.05) is 5.32 Å². The van der Waals surface area contributed by atoms with Crippen LogP contribution in [0.15, 0.2) is 39.8 Å². The van der Waals surface area contributed by atoms with Gasteiger partial charge in [0, 0.05) is 11.1 Å². The molecule has 0 unspecified atom stereocenters. The molecule has 0 saturated heterocycles. The van der Waals surface area contributed by atoms with Crippen LogP contribution >= 0.6 is 23.2 Å². The Labute approximate surface area is 171 Å². The Kier molecular flexibility index (Phi) is 5.99. The maximum Gasteiger partial charge on any atom is 0.375 e. The molecule has 1 atom stereocenters. The van der Waals surface area contributed by atoms with Crippen LogP contribution < -0.4 is 10.0 Å². The van der Waals surface area contributed by atoms with Gasteiger partial charge in [0.25, 0.3) is 15.9 Å². The Bertz CT molecular complexity index is 1020. The lowest BCUT2D eigenvalue weighted by Crippen LogP contribution is -2.30. The summed E-state index contributed by atoms with van der Waals surface area (Å²) in [7, 11) is -3.83. The maximum atomic E-state index is 12.2. The highest BCUT2D eigenvalue weighted by molar-refractivity contribution is 7.89. The van der Waals surface area contributed by atoms with Gasteiger partial charge in [-0.15, -0.1) is 0 Å². The number of rotatable bonds is 7. The standard InChI is InChI=1S/C17H16Cl2N2O6S/c1-9(16(22)20-13-8-10(18)2-5-12(13)19)26-17(23)14-6-7-15(27-14)28(24,25)21-11-3-4-11/h2,5-9,11,21H,3-4H2,1H3,(H,20,22)/t9-/m1/s1. The van der Waals surface area contributed by atoms with Gasteiger partial charge in [0.2, 0.25) is 10.9 Å². The highest BCUT2D eigenvalue weighted by atomic mass is 35.5. The molecule has 3 rings (SSSR count). The summed E-state index contributed by atoms with van der Waals surface area (Å²) in [6.07, 6.45) is 0.327. The molecule has 1 fully saturated rings. The summed E-state index contributed by atoms with van der Waals surface area (Å²) in [5.74, 6) is -1.96. The number of esters is 1. The first-order chi connectivity index (χ1) is 13.2. The third-order valence-electron chi connectivity index (χ3n) is 3.79. The molecule has 1 heterocycles. The van der Waals surface area contributed by atoms with Crippen LogP contribution in [0.5, 0.6) is 0 Å². The van der Waals surface area contributed by atoms with Crippen LogP contribution in [-0.2, 0) is 19.6 Å². The van der Waals surface area contributed by atoms with Crippen molar-refractivity contribution in [3.05, 3.63) is 46.1 Å². The van der Waals surface area contributed by atoms with Gasteiger partial charge in [0.15, 0.2) is 6.10 Å². The van der Waals surface area contributed by atoms with Crippen LogP contribution in [0.25, 0.3) is 0 Å². The second-order valence-corrected chi connectivity index (χ2v) is 8.66. The first kappa shape index (κ1) is 20.7. The lowest BCUT2D eigenvalue weighted by Gasteiger charge is -2.13. The summed E-state index contributed by atoms with van der Waals surface area (Å²) in [5, 5.41) is 2.74. The number of benzene rings is 1. The van der Waals surface area contributed by atoms with Gasteiger partial charge in [-0.1, -0.05) is 23.2 Å². The number of hydrogen-bond acceptors (Lipinski definition) is 6. The molecule has 1 aromatic heterocycles. The molecule has 11 heteroatoms. The van der Waals surface area contributed by atoms with Gasteiger partial charge < -0.3 is 14.5 Å². The van der Waals surface area contributed by atoms with Crippen LogP contribution in [0.1, 0.15) is 30.3 Å². The molecular weight excluding hydrogens is 431 g/mol. The minimum atomic E-state index is -3.83. The third kappa shape index (κ3) is 5.05. The van der Waals surface area contributed by atoms with Crippen molar-refractivity contribution in [1.29, 1.82) is 0 Å². The summed E-state index contributed by atoms with van der Waals surface area (Å²) >= 11 is 11.8. The SMILES string of the molecule is C[C@@H](OC(=O)c1ccc(S(=O)(=O)NC2CC2)o1)C(=O)Nc1cc(Cl)ccc1Cl. The first-order valence-corrected chi connectivity index (χ1v) is 10.5. The van der Waals surface area contributed by atoms with E-state index in [-0.39, 0.29) is 22.5 Å². The Morgan fingerprint density at radius 1 is 1.21 bits per heavy atom. The van der Waals surface area contributed by atoms with Crippen LogP contribution in [0.2, 0.25) is 10.0 Å². The first-order valence-electron chi connectivity index (χ1n) is 8.25. The summed E-state index contributed by atoms with van der Waals surface area (Å²) in [6.45, 7) is 1.35. The lowest BCUT2D eigenvalue weighted by molar-refractivity contribution is -0.123. The average molecular weight is 447 g/mol. The molecule has 1 aromatic carbocycles. The van der Waals surface area contributed by atoms with Crippen molar-refractivity contribution >= 4 is 50.8 Å². The normalized spacial score (nSPS) is 15.1. The van der Waals surface area contributed by atoms with Crippen molar-refractivity contribution in [1.82, 2.24) is 4.72 Å². The van der Waals surface area contributed by atoms with Gasteiger partial charge in [-0.2, -0.15) is 0 Å². The minimum absolute atomic E-state index is 0.104. The van der Waals surface area contributed by atoms with Crippen molar-refractivity contribution in [3.63, 3.8) is 0 Å². The number of sulfonamides is 1. The molecule has 2 aromatic rings. The highest BCUT2D eigenvalue weighted by Crippen LogP contribution is 2.26. The molecule has 2 N–H and O–H groups in total. The largest absolute Gasteiger partial charge is 0.447 e. The van der Waals surface area contributed by atoms with Crippen molar-refractivity contribution < 1.29 is 27.2 Å². The van der Waals surface area contributed by atoms with Crippen LogP contribution in [0.4, 0.5) is 5.69 Å². The number of carbonyl (C=O) groups is 2. The molecule has 1 aliphatic carbocycles. The van der Waals surface area contributed by atoms with E-state index in [9.17, 15) is 18.0 Å². The van der Waals surface area contributed by atoms with E-state index in [1.807, 2.05) is 0 Å². The van der Waals surface area contributed by atoms with Crippen molar-refractivity contribution in [3.8, 4) is 0 Å². The Balaban J connectivity index is 1.62. The van der Waals surface area contributed by atoms with E-state index in [1.165, 1.54) is 25.1 Å². The number of anilines is 1. The summed E-state index contributed by atoms with van der Waals surface area (Å²) in [6, 6.07) is 6.74. The predicted molar refractivity (Wildman–Crippen MR) is 102 cm³/mol. The molecule has 1 aliphatic rings. The molecule has 0 bridgehead atoms. The fraction of sp³-hybridized carbons (Fsp3) is 0.294. The summed E-state index contributed by atoms with van der Waals surface area (Å²) in [4.78, 5) is 24.4. The third-order valence-corrected chi connectivity index (χ3v) is 5.74. The Hall–Kier alpha value is -2.07. The lowest BCUT2D eigenvalue weighted by atomic mass is 10.3. The smallest absolute Gasteiger partial charge is 0.375 e. The second-order valence-electron chi connectivity index (χ2n) is 6.18. The van der Waals surface area contributed by atoms with Gasteiger partial charge in [0.1, 0.15) is 0 Å². The highest BCUT2D eigenvalue weighted by Gasteiger charge is 2.31. The maximum absolute atomic E-state index is 12.2. The van der Waals surface area contributed by atoms with Crippen LogP contribution in [-0.4, -0.2) is 32.4 Å². The molecule has 8 nitrogen and oxygen atoms in total. The van der Waals surface area contributed by atoms with Gasteiger partial charge in [-0.25, -0.2) is 17.9 Å². The quantitative estimate of drug-likeness (QED) is 0.630. The van der Waals surface area contributed by atoms with Gasteiger partial charge >= 0.3 is 5.97 Å². The molecule has 1 saturated carbocycles. The Morgan fingerprint density at radius 3 is 2.61 bits per heavy atom. The van der Waals surface area contributed by atoms with Gasteiger partial charge in [-0.05, 0) is 50.1 Å². The Morgan fingerprint density at radius 2 is 1.93 bits per heavy atom. The van der Waals surface area contributed by atoms with Crippen LogP contribution in [0, 0.1) is 0 Å². The molecule has 0 radical (unpaired) electrons. The number of halogens is 2. The number of hydrogen-bond donors (Lipinski definition) is 2. The van der Waals surface area contributed by atoms with Crippen molar-refractivity contribution in [2.45, 2.75) is 37.0 Å². The number of amides is 1. The summed E-state index contributed by atoms with van der Waals surface area (Å²) < 4.78 is 36.7. The average Bonchev–Trinajstić information content (AvgIpc) is 3.26. The fourth-order valence-electron chi connectivity index (χ4n) is 2.15. The molecule has 150 valence electrons. The van der Waals surface area contributed by atoms with E-state index >= 15 is 0 Å². The predicted octanol–water partition coefficient (Wildman–Crippen LogP) is 3.21. The molecule has 28 heavy (non-hydrogen) atoms. The fourth-order valence-corrected chi connectivity index (χ4v) is 3.73. The van der Waals surface area contributed by atoms with Gasteiger partial charge in [0.05, 0.1) is 10.7 Å². The number of carbonyl (C=O) groups excluding carboxylic acids is 2. The number of ether oxygens (including phenoxy) is 1. The molecule has 0 aliphatic heterocycles. The zero-order chi connectivity index (χ0) is 20.5. The van der Waals surface area contributed by atoms with E-state index in [0.717, 1.165) is 18.9 Å². The van der Waals surface area contributed by atoms with E-state index in [1.54, 1.807) is 6.07 Å². The van der Waals surface area contributed by atoms with Crippen molar-refractivity contribution in [2.24, 2.45) is 0 Å². The van der Waals surface area contributed by atoms with Gasteiger partial charge in [-0.3, -0.25) is 4.79 Å². The topological polar surface area (TPSA) is 115 Å². The van der Waals surface area contributed by atoms with E-state index < -0.39 is 33.1 Å². The zero-order valence-corrected chi connectivity index (χ0v) is 16.9. The summed E-state index contributed by atoms with van der Waals surface area (Å²) in [5.41, 5.74) is 0.264. The van der Waals surface area contributed by atoms with E-state index in [0.29, 0.717) is 5.02 Å². The monoisotopic (exact) mass is 446 g/mol. The van der Waals surface area contributed by atoms with Crippen LogP contribution in [0.3, 0.4) is 0 Å². The zero-order valence-electron chi connectivity index (χ0n) is 14.6. The van der Waals surface area contributed by atoms with E-state index in [4.69, 9.17) is 32.4 Å². The second kappa shape index (κ2) is 8.12. The van der Waals surface area contributed by atoms with E-state index in [2.05, 4.69) is 10.0 Å². The number of furan rings is 1. The minimum Gasteiger partial charge on any atom is -0.447 e. The molecule has 1 amide bonds. The number of nitrogens with one attached hydrogen (secondary N) is 2.